The lowest BCUT2D eigenvalue weighted by Crippen LogP contribution is -2.33. The van der Waals surface area contributed by atoms with Crippen LogP contribution in [0.3, 0.4) is 0 Å². The first-order chi connectivity index (χ1) is 11.9. The molecule has 0 bridgehead atoms. The smallest absolute Gasteiger partial charge is 0.246 e. The highest BCUT2D eigenvalue weighted by molar-refractivity contribution is 7.92. The van der Waals surface area contributed by atoms with E-state index in [1.807, 2.05) is 11.4 Å². The molecule has 1 aliphatic heterocycles. The van der Waals surface area contributed by atoms with Crippen LogP contribution in [0.5, 0.6) is 5.75 Å². The molecular weight excluding hydrogens is 382 g/mol. The number of hydrogen-bond donors (Lipinski definition) is 0. The highest BCUT2D eigenvalue weighted by atomic mass is 32.2. The first-order valence-corrected chi connectivity index (χ1v) is 11.8. The number of nitrogens with zero attached hydrogens (tertiary/aromatic N) is 1. The molecule has 3 rings (SSSR count). The van der Waals surface area contributed by atoms with Gasteiger partial charge in [-0.3, -0.25) is 0 Å². The molecule has 1 saturated heterocycles. The predicted molar refractivity (Wildman–Crippen MR) is 97.2 cm³/mol. The topological polar surface area (TPSA) is 80.8 Å². The Hall–Kier alpha value is -1.42. The van der Waals surface area contributed by atoms with E-state index in [4.69, 9.17) is 4.74 Å². The van der Waals surface area contributed by atoms with E-state index >= 15 is 0 Å². The number of rotatable bonds is 4. The van der Waals surface area contributed by atoms with Crippen molar-refractivity contribution >= 4 is 31.2 Å². The molecule has 136 valence electrons. The second-order valence-electron chi connectivity index (χ2n) is 5.71. The molecule has 1 aliphatic rings. The molecule has 1 atom stereocenters. The maximum absolute atomic E-state index is 13.0. The molecule has 0 spiro atoms. The Morgan fingerprint density at radius 2 is 1.92 bits per heavy atom. The van der Waals surface area contributed by atoms with E-state index in [1.165, 1.54) is 28.8 Å². The summed E-state index contributed by atoms with van der Waals surface area (Å²) >= 11 is 1.39. The van der Waals surface area contributed by atoms with Gasteiger partial charge in [0.25, 0.3) is 0 Å². The third-order valence-corrected chi connectivity index (χ3v) is 9.43. The summed E-state index contributed by atoms with van der Waals surface area (Å²) in [6.45, 7) is 0.104. The van der Waals surface area contributed by atoms with Crippen molar-refractivity contribution in [2.75, 3.05) is 26.0 Å². The molecule has 6 nitrogen and oxygen atoms in total. The van der Waals surface area contributed by atoms with Gasteiger partial charge in [-0.15, -0.1) is 11.3 Å². The predicted octanol–water partition coefficient (Wildman–Crippen LogP) is 2.31. The minimum Gasteiger partial charge on any atom is -0.495 e. The Balaban J connectivity index is 1.92. The molecule has 1 fully saturated rings. The zero-order valence-corrected chi connectivity index (χ0v) is 16.1. The van der Waals surface area contributed by atoms with E-state index < -0.39 is 25.1 Å². The van der Waals surface area contributed by atoms with Gasteiger partial charge in [0.05, 0.1) is 18.1 Å². The zero-order chi connectivity index (χ0) is 18.1. The number of hydrogen-bond acceptors (Lipinski definition) is 6. The van der Waals surface area contributed by atoms with E-state index in [-0.39, 0.29) is 35.9 Å². The quantitative estimate of drug-likeness (QED) is 0.785. The fraction of sp³-hybridized carbons (Fsp3) is 0.375. The summed E-state index contributed by atoms with van der Waals surface area (Å²) in [5.74, 6) is 0.0636. The summed E-state index contributed by atoms with van der Waals surface area (Å²) in [5.41, 5.74) is 0. The van der Waals surface area contributed by atoms with Gasteiger partial charge in [0.1, 0.15) is 10.6 Å². The minimum absolute atomic E-state index is 0.0510. The van der Waals surface area contributed by atoms with Crippen molar-refractivity contribution in [2.24, 2.45) is 0 Å². The molecule has 1 aromatic heterocycles. The van der Waals surface area contributed by atoms with E-state index in [0.29, 0.717) is 0 Å². The van der Waals surface area contributed by atoms with Crippen molar-refractivity contribution in [3.63, 3.8) is 0 Å². The molecule has 1 unspecified atom stereocenters. The van der Waals surface area contributed by atoms with E-state index in [1.54, 1.807) is 24.3 Å². The van der Waals surface area contributed by atoms with Gasteiger partial charge in [-0.2, -0.15) is 4.31 Å². The van der Waals surface area contributed by atoms with Crippen LogP contribution in [-0.4, -0.2) is 47.1 Å². The average molecular weight is 402 g/mol. The molecule has 1 aromatic carbocycles. The standard InChI is InChI=1S/C16H19NO5S3/c1-22-13-5-2-3-7-15(13)25(20,21)17-9-8-16(14-6-4-11-23-14)24(18,19)12-10-17/h2-7,11,16H,8-10,12H2,1H3. The Bertz CT molecular complexity index is 936. The Kier molecular flexibility index (Phi) is 5.19. The summed E-state index contributed by atoms with van der Waals surface area (Å²) in [6, 6.07) is 9.97. The molecule has 9 heteroatoms. The highest BCUT2D eigenvalue weighted by Crippen LogP contribution is 2.34. The summed E-state index contributed by atoms with van der Waals surface area (Å²) in [5, 5.41) is 1.18. The number of ether oxygens (including phenoxy) is 1. The third-order valence-electron chi connectivity index (χ3n) is 4.25. The highest BCUT2D eigenvalue weighted by Gasteiger charge is 2.36. The molecule has 0 N–H and O–H groups in total. The molecule has 2 heterocycles. The van der Waals surface area contributed by atoms with Crippen LogP contribution >= 0.6 is 11.3 Å². The van der Waals surface area contributed by atoms with Crippen molar-refractivity contribution in [3.8, 4) is 5.75 Å². The molecule has 0 saturated carbocycles. The van der Waals surface area contributed by atoms with Gasteiger partial charge in [0, 0.05) is 18.0 Å². The normalized spacial score (nSPS) is 21.6. The van der Waals surface area contributed by atoms with Gasteiger partial charge in [0.2, 0.25) is 10.0 Å². The Labute approximate surface area is 152 Å². The molecule has 25 heavy (non-hydrogen) atoms. The maximum Gasteiger partial charge on any atom is 0.246 e. The number of sulfonamides is 1. The third kappa shape index (κ3) is 3.59. The van der Waals surface area contributed by atoms with Gasteiger partial charge < -0.3 is 4.74 Å². The Morgan fingerprint density at radius 1 is 1.16 bits per heavy atom. The van der Waals surface area contributed by atoms with E-state index in [9.17, 15) is 16.8 Å². The summed E-state index contributed by atoms with van der Waals surface area (Å²) in [4.78, 5) is 0.820. The number of thiophene rings is 1. The van der Waals surface area contributed by atoms with Crippen molar-refractivity contribution in [3.05, 3.63) is 46.7 Å². The van der Waals surface area contributed by atoms with Gasteiger partial charge in [-0.25, -0.2) is 16.8 Å². The van der Waals surface area contributed by atoms with Crippen LogP contribution in [0.2, 0.25) is 0 Å². The lowest BCUT2D eigenvalue weighted by atomic mass is 10.2. The van der Waals surface area contributed by atoms with E-state index in [2.05, 4.69) is 0 Å². The van der Waals surface area contributed by atoms with Gasteiger partial charge in [0.15, 0.2) is 9.84 Å². The molecule has 0 amide bonds. The van der Waals surface area contributed by atoms with E-state index in [0.717, 1.165) is 4.88 Å². The number of methoxy groups -OCH3 is 1. The number of benzene rings is 1. The second-order valence-corrected chi connectivity index (χ2v) is 10.9. The second kappa shape index (κ2) is 7.06. The van der Waals surface area contributed by atoms with Gasteiger partial charge in [-0.05, 0) is 30.0 Å². The van der Waals surface area contributed by atoms with Crippen LogP contribution in [0, 0.1) is 0 Å². The monoisotopic (exact) mass is 401 g/mol. The lowest BCUT2D eigenvalue weighted by Gasteiger charge is -2.20. The van der Waals surface area contributed by atoms with Crippen molar-refractivity contribution < 1.29 is 21.6 Å². The zero-order valence-electron chi connectivity index (χ0n) is 13.7. The van der Waals surface area contributed by atoms with Crippen LogP contribution in [0.4, 0.5) is 0 Å². The van der Waals surface area contributed by atoms with Crippen LogP contribution in [0.1, 0.15) is 16.5 Å². The van der Waals surface area contributed by atoms with Crippen molar-refractivity contribution in [2.45, 2.75) is 16.6 Å². The molecule has 2 aromatic rings. The molecule has 0 radical (unpaired) electrons. The Morgan fingerprint density at radius 3 is 2.60 bits per heavy atom. The van der Waals surface area contributed by atoms with Gasteiger partial charge >= 0.3 is 0 Å². The lowest BCUT2D eigenvalue weighted by molar-refractivity contribution is 0.393. The molecular formula is C16H19NO5S3. The minimum atomic E-state index is -3.82. The van der Waals surface area contributed by atoms with Crippen LogP contribution < -0.4 is 4.74 Å². The summed E-state index contributed by atoms with van der Waals surface area (Å²) in [7, 11) is -5.81. The number of para-hydroxylation sites is 1. The van der Waals surface area contributed by atoms with Crippen molar-refractivity contribution in [1.29, 1.82) is 0 Å². The summed E-state index contributed by atoms with van der Waals surface area (Å²) in [6.07, 6.45) is 0.247. The first-order valence-electron chi connectivity index (χ1n) is 7.74. The summed E-state index contributed by atoms with van der Waals surface area (Å²) < 4.78 is 57.5. The van der Waals surface area contributed by atoms with Crippen molar-refractivity contribution in [1.82, 2.24) is 4.31 Å². The average Bonchev–Trinajstić information content (AvgIpc) is 3.05. The SMILES string of the molecule is COc1ccccc1S(=O)(=O)N1CCC(c2cccs2)S(=O)(=O)CC1. The largest absolute Gasteiger partial charge is 0.495 e. The van der Waals surface area contributed by atoms with Crippen LogP contribution in [0.15, 0.2) is 46.7 Å². The number of sulfone groups is 1. The van der Waals surface area contributed by atoms with Crippen LogP contribution in [-0.2, 0) is 19.9 Å². The van der Waals surface area contributed by atoms with Gasteiger partial charge in [-0.1, -0.05) is 18.2 Å². The first kappa shape index (κ1) is 18.4. The maximum atomic E-state index is 13.0. The fourth-order valence-corrected chi connectivity index (χ4v) is 7.66. The molecule has 0 aliphatic carbocycles. The van der Waals surface area contributed by atoms with Crippen LogP contribution in [0.25, 0.3) is 0 Å². The fourth-order valence-electron chi connectivity index (χ4n) is 2.93.